The van der Waals surface area contributed by atoms with E-state index < -0.39 is 16.1 Å². The highest BCUT2D eigenvalue weighted by Gasteiger charge is 2.12. The van der Waals surface area contributed by atoms with Crippen LogP contribution < -0.4 is 4.72 Å². The van der Waals surface area contributed by atoms with Crippen LogP contribution in [0.15, 0.2) is 59.5 Å². The molecule has 5 heteroatoms. The van der Waals surface area contributed by atoms with Crippen molar-refractivity contribution in [3.05, 3.63) is 65.7 Å². The van der Waals surface area contributed by atoms with Crippen LogP contribution in [-0.2, 0) is 16.4 Å². The predicted octanol–water partition coefficient (Wildman–Crippen LogP) is 2.27. The molecule has 2 aromatic rings. The summed E-state index contributed by atoms with van der Waals surface area (Å²) in [4.78, 5) is 0.241. The van der Waals surface area contributed by atoms with Gasteiger partial charge in [-0.25, -0.2) is 13.1 Å². The number of benzene rings is 2. The van der Waals surface area contributed by atoms with Gasteiger partial charge < -0.3 is 5.11 Å². The third kappa shape index (κ3) is 5.82. The molecule has 0 bridgehead atoms. The van der Waals surface area contributed by atoms with Gasteiger partial charge in [0.15, 0.2) is 0 Å². The molecule has 0 radical (unpaired) electrons. The van der Waals surface area contributed by atoms with E-state index in [0.717, 1.165) is 11.1 Å². The summed E-state index contributed by atoms with van der Waals surface area (Å²) >= 11 is 0. The van der Waals surface area contributed by atoms with Gasteiger partial charge in [0, 0.05) is 19.4 Å². The largest absolute Gasteiger partial charge is 0.380 e. The van der Waals surface area contributed by atoms with E-state index in [9.17, 15) is 13.5 Å². The van der Waals surface area contributed by atoms with Crippen molar-refractivity contribution in [2.45, 2.75) is 30.8 Å². The lowest BCUT2D eigenvalue weighted by Crippen LogP contribution is -2.24. The maximum atomic E-state index is 12.1. The fourth-order valence-electron chi connectivity index (χ4n) is 2.13. The number of nitrogens with one attached hydrogen (secondary N) is 1. The minimum Gasteiger partial charge on any atom is -0.380 e. The number of hydrogen-bond donors (Lipinski definition) is 2. The second-order valence-electron chi connectivity index (χ2n) is 5.49. The lowest BCUT2D eigenvalue weighted by molar-refractivity contribution is 0.233. The van der Waals surface area contributed by atoms with Crippen molar-refractivity contribution in [1.82, 2.24) is 4.72 Å². The summed E-state index contributed by atoms with van der Waals surface area (Å²) in [6, 6.07) is 16.3. The highest BCUT2D eigenvalue weighted by molar-refractivity contribution is 7.89. The van der Waals surface area contributed by atoms with Crippen LogP contribution in [0.3, 0.4) is 0 Å². The number of sulfonamides is 1. The van der Waals surface area contributed by atoms with Gasteiger partial charge in [0.25, 0.3) is 0 Å². The summed E-state index contributed by atoms with van der Waals surface area (Å²) in [6.07, 6.45) is 0.0565. The standard InChI is InChI=1S/C19H21NO3S/c1-16-10-12-19(13-11-16)24(22,23)20-14-6-5-9-18(21)15-17-7-3-2-4-8-17/h2-4,7-8,10-13,18,20-21H,6,14-15H2,1H3. The van der Waals surface area contributed by atoms with Gasteiger partial charge in [-0.1, -0.05) is 59.9 Å². The van der Waals surface area contributed by atoms with Gasteiger partial charge >= 0.3 is 0 Å². The van der Waals surface area contributed by atoms with Crippen molar-refractivity contribution in [2.24, 2.45) is 0 Å². The molecule has 0 fully saturated rings. The van der Waals surface area contributed by atoms with Crippen molar-refractivity contribution >= 4 is 10.0 Å². The molecule has 0 aliphatic carbocycles. The van der Waals surface area contributed by atoms with Gasteiger partial charge in [-0.2, -0.15) is 0 Å². The van der Waals surface area contributed by atoms with Gasteiger partial charge in [0.1, 0.15) is 6.10 Å². The van der Waals surface area contributed by atoms with E-state index in [0.29, 0.717) is 12.8 Å². The first-order valence-corrected chi connectivity index (χ1v) is 9.22. The van der Waals surface area contributed by atoms with Crippen LogP contribution in [-0.4, -0.2) is 26.2 Å². The van der Waals surface area contributed by atoms with E-state index in [1.807, 2.05) is 37.3 Å². The van der Waals surface area contributed by atoms with E-state index in [2.05, 4.69) is 16.6 Å². The van der Waals surface area contributed by atoms with Gasteiger partial charge in [0.2, 0.25) is 10.0 Å². The molecule has 0 heterocycles. The van der Waals surface area contributed by atoms with Gasteiger partial charge in [-0.15, -0.1) is 0 Å². The Morgan fingerprint density at radius 2 is 1.75 bits per heavy atom. The lowest BCUT2D eigenvalue weighted by Gasteiger charge is -2.05. The van der Waals surface area contributed by atoms with Crippen LogP contribution in [0.5, 0.6) is 0 Å². The minimum atomic E-state index is -3.51. The Balaban J connectivity index is 1.79. The lowest BCUT2D eigenvalue weighted by atomic mass is 10.1. The number of hydrogen-bond acceptors (Lipinski definition) is 3. The normalized spacial score (nSPS) is 12.2. The molecule has 4 nitrogen and oxygen atoms in total. The van der Waals surface area contributed by atoms with E-state index >= 15 is 0 Å². The molecular formula is C19H21NO3S. The Bertz CT molecular complexity index is 803. The van der Waals surface area contributed by atoms with Crippen LogP contribution in [0.2, 0.25) is 0 Å². The summed E-state index contributed by atoms with van der Waals surface area (Å²) in [7, 11) is -3.51. The highest BCUT2D eigenvalue weighted by atomic mass is 32.2. The molecule has 2 rings (SSSR count). The first-order valence-electron chi connectivity index (χ1n) is 7.74. The maximum absolute atomic E-state index is 12.1. The van der Waals surface area contributed by atoms with Crippen molar-refractivity contribution in [3.8, 4) is 11.8 Å². The summed E-state index contributed by atoms with van der Waals surface area (Å²) in [5.74, 6) is 5.55. The van der Waals surface area contributed by atoms with Crippen LogP contribution >= 0.6 is 0 Å². The second kappa shape index (κ2) is 8.65. The van der Waals surface area contributed by atoms with Crippen molar-refractivity contribution < 1.29 is 13.5 Å². The summed E-state index contributed by atoms with van der Waals surface area (Å²) in [6.45, 7) is 2.11. The van der Waals surface area contributed by atoms with Crippen LogP contribution in [0.25, 0.3) is 0 Å². The number of aliphatic hydroxyl groups excluding tert-OH is 1. The first-order chi connectivity index (χ1) is 11.5. The molecule has 0 aliphatic heterocycles. The third-order valence-electron chi connectivity index (χ3n) is 3.41. The number of rotatable bonds is 6. The van der Waals surface area contributed by atoms with Crippen molar-refractivity contribution in [3.63, 3.8) is 0 Å². The predicted molar refractivity (Wildman–Crippen MR) is 94.9 cm³/mol. The zero-order valence-corrected chi connectivity index (χ0v) is 14.4. The topological polar surface area (TPSA) is 66.4 Å². The van der Waals surface area contributed by atoms with Crippen molar-refractivity contribution in [1.29, 1.82) is 0 Å². The van der Waals surface area contributed by atoms with E-state index in [1.165, 1.54) is 0 Å². The summed E-state index contributed by atoms with van der Waals surface area (Å²) in [5.41, 5.74) is 2.02. The zero-order valence-electron chi connectivity index (χ0n) is 13.6. The SMILES string of the molecule is Cc1ccc(S(=O)(=O)NCCC#CC(O)Cc2ccccc2)cc1. The Morgan fingerprint density at radius 3 is 2.42 bits per heavy atom. The molecular weight excluding hydrogens is 322 g/mol. The molecule has 1 unspecified atom stereocenters. The second-order valence-corrected chi connectivity index (χ2v) is 7.25. The maximum Gasteiger partial charge on any atom is 0.240 e. The third-order valence-corrected chi connectivity index (χ3v) is 4.89. The van der Waals surface area contributed by atoms with E-state index in [-0.39, 0.29) is 11.4 Å². The Labute approximate surface area is 143 Å². The smallest absolute Gasteiger partial charge is 0.240 e. The average molecular weight is 343 g/mol. The Morgan fingerprint density at radius 1 is 1.08 bits per heavy atom. The minimum absolute atomic E-state index is 0.210. The van der Waals surface area contributed by atoms with Crippen LogP contribution in [0.1, 0.15) is 17.5 Å². The molecule has 1 atom stereocenters. The monoisotopic (exact) mass is 343 g/mol. The van der Waals surface area contributed by atoms with Crippen molar-refractivity contribution in [2.75, 3.05) is 6.54 Å². The molecule has 2 aromatic carbocycles. The van der Waals surface area contributed by atoms with Gasteiger partial charge in [-0.05, 0) is 24.6 Å². The van der Waals surface area contributed by atoms with Crippen LogP contribution in [0, 0.1) is 18.8 Å². The van der Waals surface area contributed by atoms with Crippen LogP contribution in [0.4, 0.5) is 0 Å². The fraction of sp³-hybridized carbons (Fsp3) is 0.263. The molecule has 0 amide bonds. The molecule has 0 aliphatic rings. The Hall–Kier alpha value is -2.13. The van der Waals surface area contributed by atoms with Gasteiger partial charge in [-0.3, -0.25) is 0 Å². The number of aliphatic hydroxyl groups is 1. The summed E-state index contributed by atoms with van der Waals surface area (Å²) in [5, 5.41) is 9.85. The highest BCUT2D eigenvalue weighted by Crippen LogP contribution is 2.09. The Kier molecular flexibility index (Phi) is 6.56. The quantitative estimate of drug-likeness (QED) is 0.625. The molecule has 126 valence electrons. The molecule has 0 saturated carbocycles. The molecule has 0 saturated heterocycles. The molecule has 0 aromatic heterocycles. The molecule has 2 N–H and O–H groups in total. The van der Waals surface area contributed by atoms with E-state index in [4.69, 9.17) is 0 Å². The summed E-state index contributed by atoms with van der Waals surface area (Å²) < 4.78 is 26.7. The average Bonchev–Trinajstić information content (AvgIpc) is 2.56. The van der Waals surface area contributed by atoms with Gasteiger partial charge in [0.05, 0.1) is 4.90 Å². The molecule has 0 spiro atoms. The zero-order chi connectivity index (χ0) is 17.4. The number of aryl methyl sites for hydroxylation is 1. The van der Waals surface area contributed by atoms with E-state index in [1.54, 1.807) is 24.3 Å². The fourth-order valence-corrected chi connectivity index (χ4v) is 3.16. The first kappa shape index (κ1) is 18.2. The molecule has 24 heavy (non-hydrogen) atoms.